The summed E-state index contributed by atoms with van der Waals surface area (Å²) < 4.78 is 10.6. The van der Waals surface area contributed by atoms with Crippen molar-refractivity contribution >= 4 is 29.3 Å². The summed E-state index contributed by atoms with van der Waals surface area (Å²) in [5, 5.41) is 12.5. The van der Waals surface area contributed by atoms with E-state index in [4.69, 9.17) is 21.1 Å². The monoisotopic (exact) mass is 418 g/mol. The van der Waals surface area contributed by atoms with E-state index in [9.17, 15) is 14.7 Å². The third kappa shape index (κ3) is 4.24. The first-order valence-corrected chi connectivity index (χ1v) is 9.52. The maximum Gasteiger partial charge on any atom is 0.404 e. The van der Waals surface area contributed by atoms with Crippen molar-refractivity contribution < 1.29 is 24.2 Å². The molecule has 0 spiro atoms. The van der Waals surface area contributed by atoms with Gasteiger partial charge < -0.3 is 24.8 Å². The summed E-state index contributed by atoms with van der Waals surface area (Å²) >= 11 is 6.09. The number of carbonyl (C=O) groups is 2. The van der Waals surface area contributed by atoms with Gasteiger partial charge in [-0.1, -0.05) is 23.7 Å². The van der Waals surface area contributed by atoms with Crippen LogP contribution >= 0.6 is 11.6 Å². The highest BCUT2D eigenvalue weighted by molar-refractivity contribution is 6.30. The Labute approximate surface area is 174 Å². The second-order valence-electron chi connectivity index (χ2n) is 6.88. The molecule has 154 valence electrons. The zero-order valence-corrected chi connectivity index (χ0v) is 17.1. The average molecular weight is 419 g/mol. The molecule has 0 saturated carbocycles. The molecule has 1 fully saturated rings. The third-order valence-electron chi connectivity index (χ3n) is 5.24. The van der Waals surface area contributed by atoms with E-state index < -0.39 is 18.2 Å². The molecule has 2 aromatic carbocycles. The van der Waals surface area contributed by atoms with E-state index in [0.717, 1.165) is 5.56 Å². The van der Waals surface area contributed by atoms with Crippen molar-refractivity contribution in [2.75, 3.05) is 19.1 Å². The van der Waals surface area contributed by atoms with Gasteiger partial charge in [-0.15, -0.1) is 0 Å². The Morgan fingerprint density at radius 2 is 1.90 bits per heavy atom. The van der Waals surface area contributed by atoms with Gasteiger partial charge in [-0.25, -0.2) is 4.79 Å². The molecule has 1 aliphatic heterocycles. The molecule has 0 bridgehead atoms. The number of carbonyl (C=O) groups excluding carboxylic acids is 1. The van der Waals surface area contributed by atoms with Crippen molar-refractivity contribution in [3.8, 4) is 11.5 Å². The molecule has 3 unspecified atom stereocenters. The predicted octanol–water partition coefficient (Wildman–Crippen LogP) is 3.90. The van der Waals surface area contributed by atoms with Crippen LogP contribution in [0.25, 0.3) is 0 Å². The summed E-state index contributed by atoms with van der Waals surface area (Å²) in [6.07, 6.45) is -1.01. The number of amides is 2. The van der Waals surface area contributed by atoms with Crippen molar-refractivity contribution in [3.05, 3.63) is 53.1 Å². The fourth-order valence-corrected chi connectivity index (χ4v) is 4.10. The van der Waals surface area contributed by atoms with Crippen LogP contribution in [0.2, 0.25) is 5.02 Å². The molecule has 7 nitrogen and oxygen atoms in total. The second-order valence-corrected chi connectivity index (χ2v) is 7.32. The van der Waals surface area contributed by atoms with E-state index in [1.165, 1.54) is 7.11 Å². The van der Waals surface area contributed by atoms with Gasteiger partial charge in [-0.3, -0.25) is 4.79 Å². The summed E-state index contributed by atoms with van der Waals surface area (Å²) in [6, 6.07) is 11.4. The van der Waals surface area contributed by atoms with E-state index in [-0.39, 0.29) is 18.2 Å². The van der Waals surface area contributed by atoms with Crippen LogP contribution in [0.3, 0.4) is 0 Å². The number of methoxy groups -OCH3 is 2. The molecule has 2 N–H and O–H groups in total. The number of ether oxygens (including phenoxy) is 2. The standard InChI is InChI=1S/C21H23ClN2O5/c1-12-20(23-21(26)27)16(13-7-8-17(28-2)18(9-13)29-3)11-19(25)24(12)15-6-4-5-14(22)10-15/h4-10,12,16,20,23H,11H2,1-3H3,(H,26,27). The quantitative estimate of drug-likeness (QED) is 0.768. The first-order valence-electron chi connectivity index (χ1n) is 9.14. The van der Waals surface area contributed by atoms with E-state index in [0.29, 0.717) is 22.2 Å². The second kappa shape index (κ2) is 8.61. The number of halogens is 1. The fraction of sp³-hybridized carbons (Fsp3) is 0.333. The number of hydrogen-bond acceptors (Lipinski definition) is 4. The Morgan fingerprint density at radius 3 is 2.52 bits per heavy atom. The molecule has 2 amide bonds. The lowest BCUT2D eigenvalue weighted by Gasteiger charge is -2.43. The van der Waals surface area contributed by atoms with Crippen molar-refractivity contribution in [2.45, 2.75) is 31.3 Å². The van der Waals surface area contributed by atoms with Crippen LogP contribution in [0.15, 0.2) is 42.5 Å². The molecule has 0 radical (unpaired) electrons. The van der Waals surface area contributed by atoms with Crippen LogP contribution in [0.1, 0.15) is 24.8 Å². The first kappa shape index (κ1) is 20.8. The first-order chi connectivity index (χ1) is 13.8. The van der Waals surface area contributed by atoms with Crippen molar-refractivity contribution in [1.82, 2.24) is 5.32 Å². The van der Waals surface area contributed by atoms with Crippen LogP contribution in [0.4, 0.5) is 10.5 Å². The molecule has 3 rings (SSSR count). The maximum atomic E-state index is 13.1. The number of nitrogens with zero attached hydrogens (tertiary/aromatic N) is 1. The average Bonchev–Trinajstić information content (AvgIpc) is 2.69. The molecule has 1 saturated heterocycles. The van der Waals surface area contributed by atoms with Gasteiger partial charge in [0.15, 0.2) is 11.5 Å². The number of nitrogens with one attached hydrogen (secondary N) is 1. The highest BCUT2D eigenvalue weighted by atomic mass is 35.5. The zero-order chi connectivity index (χ0) is 21.1. The molecule has 3 atom stereocenters. The van der Waals surface area contributed by atoms with Crippen LogP contribution in [0, 0.1) is 0 Å². The van der Waals surface area contributed by atoms with E-state index in [2.05, 4.69) is 5.32 Å². The smallest absolute Gasteiger partial charge is 0.404 e. The minimum atomic E-state index is -1.15. The Bertz CT molecular complexity index is 920. The van der Waals surface area contributed by atoms with Gasteiger partial charge in [-0.2, -0.15) is 0 Å². The minimum Gasteiger partial charge on any atom is -0.493 e. The van der Waals surface area contributed by atoms with Crippen LogP contribution < -0.4 is 19.7 Å². The highest BCUT2D eigenvalue weighted by Gasteiger charge is 2.42. The summed E-state index contributed by atoms with van der Waals surface area (Å²) in [5.74, 6) is 0.623. The normalized spacial score (nSPS) is 21.6. The van der Waals surface area contributed by atoms with Gasteiger partial charge in [-0.05, 0) is 42.8 Å². The zero-order valence-electron chi connectivity index (χ0n) is 16.4. The predicted molar refractivity (Wildman–Crippen MR) is 110 cm³/mol. The van der Waals surface area contributed by atoms with Gasteiger partial charge in [0.2, 0.25) is 5.91 Å². The van der Waals surface area contributed by atoms with Gasteiger partial charge in [0.05, 0.1) is 26.3 Å². The number of anilines is 1. The summed E-state index contributed by atoms with van der Waals surface area (Å²) in [6.45, 7) is 1.83. The maximum absolute atomic E-state index is 13.1. The van der Waals surface area contributed by atoms with Gasteiger partial charge in [0.1, 0.15) is 0 Å². The molecule has 1 aliphatic rings. The third-order valence-corrected chi connectivity index (χ3v) is 5.47. The van der Waals surface area contributed by atoms with Gasteiger partial charge in [0.25, 0.3) is 0 Å². The van der Waals surface area contributed by atoms with E-state index in [1.54, 1.807) is 48.4 Å². The van der Waals surface area contributed by atoms with Crippen LogP contribution in [-0.4, -0.2) is 43.4 Å². The van der Waals surface area contributed by atoms with Crippen molar-refractivity contribution in [1.29, 1.82) is 0 Å². The molecule has 1 heterocycles. The van der Waals surface area contributed by atoms with Crippen LogP contribution in [-0.2, 0) is 4.79 Å². The summed E-state index contributed by atoms with van der Waals surface area (Å²) in [4.78, 5) is 26.2. The molecule has 8 heteroatoms. The lowest BCUT2D eigenvalue weighted by molar-refractivity contribution is -0.121. The van der Waals surface area contributed by atoms with E-state index in [1.807, 2.05) is 13.0 Å². The molecule has 0 aliphatic carbocycles. The Hall–Kier alpha value is -2.93. The number of hydrogen-bond donors (Lipinski definition) is 2. The number of carboxylic acid groups (broad SMARTS) is 1. The Balaban J connectivity index is 2.01. The van der Waals surface area contributed by atoms with Crippen molar-refractivity contribution in [2.24, 2.45) is 0 Å². The lowest BCUT2D eigenvalue weighted by atomic mass is 9.80. The molecule has 29 heavy (non-hydrogen) atoms. The lowest BCUT2D eigenvalue weighted by Crippen LogP contribution is -2.59. The molecular formula is C21H23ClN2O5. The minimum absolute atomic E-state index is 0.108. The number of rotatable bonds is 5. The number of benzene rings is 2. The number of piperidine rings is 1. The summed E-state index contributed by atoms with van der Waals surface area (Å²) in [7, 11) is 3.07. The van der Waals surface area contributed by atoms with E-state index >= 15 is 0 Å². The Morgan fingerprint density at radius 1 is 1.17 bits per heavy atom. The van der Waals surface area contributed by atoms with Gasteiger partial charge >= 0.3 is 6.09 Å². The van der Waals surface area contributed by atoms with Crippen molar-refractivity contribution in [3.63, 3.8) is 0 Å². The fourth-order valence-electron chi connectivity index (χ4n) is 3.91. The largest absolute Gasteiger partial charge is 0.493 e. The topological polar surface area (TPSA) is 88.1 Å². The van der Waals surface area contributed by atoms with Gasteiger partial charge in [0, 0.05) is 23.0 Å². The molecule has 2 aromatic rings. The molecule has 0 aromatic heterocycles. The van der Waals surface area contributed by atoms with Crippen LogP contribution in [0.5, 0.6) is 11.5 Å². The molecular weight excluding hydrogens is 396 g/mol. The SMILES string of the molecule is COc1ccc(C2CC(=O)N(c3cccc(Cl)c3)C(C)C2NC(=O)O)cc1OC. The summed E-state index contributed by atoms with van der Waals surface area (Å²) in [5.41, 5.74) is 1.44. The Kier molecular flexibility index (Phi) is 6.17. The highest BCUT2D eigenvalue weighted by Crippen LogP contribution is 2.39.